The molecule has 2 aromatic rings. The Labute approximate surface area is 101 Å². The predicted molar refractivity (Wildman–Crippen MR) is 66.7 cm³/mol. The van der Waals surface area contributed by atoms with Crippen molar-refractivity contribution in [2.45, 2.75) is 12.3 Å². The van der Waals surface area contributed by atoms with E-state index >= 15 is 0 Å². The lowest BCUT2D eigenvalue weighted by molar-refractivity contribution is 0.475. The molecule has 2 heteroatoms. The maximum Gasteiger partial charge on any atom is 0.206 e. The van der Waals surface area contributed by atoms with Crippen LogP contribution in [0.25, 0.3) is 0 Å². The molecular formula is C15H13O2. The molecule has 0 aliphatic heterocycles. The molecule has 85 valence electrons. The molecule has 0 saturated heterocycles. The summed E-state index contributed by atoms with van der Waals surface area (Å²) in [5.41, 5.74) is 1.98. The highest BCUT2D eigenvalue weighted by Gasteiger charge is 2.11. The van der Waals surface area contributed by atoms with Crippen molar-refractivity contribution in [3.05, 3.63) is 65.7 Å². The van der Waals surface area contributed by atoms with E-state index in [-0.39, 0.29) is 11.7 Å². The summed E-state index contributed by atoms with van der Waals surface area (Å²) in [6.45, 7) is 0. The first-order valence-corrected chi connectivity index (χ1v) is 5.50. The van der Waals surface area contributed by atoms with Crippen molar-refractivity contribution in [2.75, 3.05) is 0 Å². The number of benzene rings is 2. The molecule has 2 nitrogen and oxygen atoms in total. The molecule has 2 aromatic carbocycles. The van der Waals surface area contributed by atoms with Crippen molar-refractivity contribution in [3.8, 4) is 5.75 Å². The van der Waals surface area contributed by atoms with Gasteiger partial charge in [0.05, 0.1) is 5.92 Å². The summed E-state index contributed by atoms with van der Waals surface area (Å²) in [7, 11) is 0. The highest BCUT2D eigenvalue weighted by Crippen LogP contribution is 2.20. The van der Waals surface area contributed by atoms with Gasteiger partial charge < -0.3 is 5.11 Å². The molecular weight excluding hydrogens is 212 g/mol. The lowest BCUT2D eigenvalue weighted by Gasteiger charge is -2.09. The fourth-order valence-electron chi connectivity index (χ4n) is 1.78. The third kappa shape index (κ3) is 2.94. The summed E-state index contributed by atoms with van der Waals surface area (Å²) in [6.07, 6.45) is 2.67. The molecule has 0 saturated carbocycles. The second-order valence-electron chi connectivity index (χ2n) is 3.95. The van der Waals surface area contributed by atoms with Crippen LogP contribution in [-0.2, 0) is 11.2 Å². The Morgan fingerprint density at radius 3 is 2.24 bits per heavy atom. The minimum absolute atomic E-state index is 0.236. The van der Waals surface area contributed by atoms with Crippen LogP contribution in [0.4, 0.5) is 0 Å². The number of hydrogen-bond acceptors (Lipinski definition) is 2. The molecule has 1 N–H and O–H groups in total. The van der Waals surface area contributed by atoms with E-state index in [1.807, 2.05) is 42.5 Å². The average Bonchev–Trinajstić information content (AvgIpc) is 2.39. The Kier molecular flexibility index (Phi) is 3.55. The zero-order valence-corrected chi connectivity index (χ0v) is 9.34. The van der Waals surface area contributed by atoms with Gasteiger partial charge in [-0.15, -0.1) is 0 Å². The molecule has 1 radical (unpaired) electrons. The van der Waals surface area contributed by atoms with Crippen LogP contribution in [0.1, 0.15) is 17.0 Å². The van der Waals surface area contributed by atoms with Crippen LogP contribution in [0, 0.1) is 0 Å². The van der Waals surface area contributed by atoms with Crippen molar-refractivity contribution < 1.29 is 9.90 Å². The number of phenols is 1. The molecule has 0 heterocycles. The Hall–Kier alpha value is -2.09. The molecule has 0 amide bonds. The summed E-state index contributed by atoms with van der Waals surface area (Å²) in [6, 6.07) is 16.5. The van der Waals surface area contributed by atoms with Crippen molar-refractivity contribution in [1.29, 1.82) is 0 Å². The summed E-state index contributed by atoms with van der Waals surface area (Å²) < 4.78 is 0. The molecule has 0 fully saturated rings. The minimum Gasteiger partial charge on any atom is -0.508 e. The fourth-order valence-corrected chi connectivity index (χ4v) is 1.78. The second kappa shape index (κ2) is 5.30. The van der Waals surface area contributed by atoms with Gasteiger partial charge in [0.25, 0.3) is 0 Å². The highest BCUT2D eigenvalue weighted by atomic mass is 16.3. The van der Waals surface area contributed by atoms with Gasteiger partial charge in [0.15, 0.2) is 0 Å². The van der Waals surface area contributed by atoms with E-state index in [9.17, 15) is 9.90 Å². The molecule has 0 aromatic heterocycles. The lowest BCUT2D eigenvalue weighted by atomic mass is 9.93. The summed E-state index contributed by atoms with van der Waals surface area (Å²) in [5.74, 6) is -0.0131. The van der Waals surface area contributed by atoms with Gasteiger partial charge >= 0.3 is 0 Å². The van der Waals surface area contributed by atoms with Gasteiger partial charge in [-0.05, 0) is 29.7 Å². The Morgan fingerprint density at radius 1 is 1.00 bits per heavy atom. The maximum atomic E-state index is 11.0. The van der Waals surface area contributed by atoms with Crippen molar-refractivity contribution in [1.82, 2.24) is 0 Å². The van der Waals surface area contributed by atoms with Gasteiger partial charge in [-0.1, -0.05) is 42.5 Å². The van der Waals surface area contributed by atoms with E-state index in [4.69, 9.17) is 0 Å². The van der Waals surface area contributed by atoms with Crippen LogP contribution < -0.4 is 0 Å². The van der Waals surface area contributed by atoms with E-state index in [2.05, 4.69) is 6.29 Å². The summed E-state index contributed by atoms with van der Waals surface area (Å²) >= 11 is 0. The first-order chi connectivity index (χ1) is 8.29. The SMILES string of the molecule is O=[C]C(Cc1ccc(O)cc1)c1ccccc1. The fraction of sp³-hybridized carbons (Fsp3) is 0.133. The van der Waals surface area contributed by atoms with Crippen LogP contribution >= 0.6 is 0 Å². The number of aromatic hydroxyl groups is 1. The molecule has 2 rings (SSSR count). The molecule has 0 aliphatic carbocycles. The smallest absolute Gasteiger partial charge is 0.206 e. The number of hydrogen-bond donors (Lipinski definition) is 1. The molecule has 0 spiro atoms. The topological polar surface area (TPSA) is 37.3 Å². The summed E-state index contributed by atoms with van der Waals surface area (Å²) in [5, 5.41) is 9.19. The molecule has 1 atom stereocenters. The van der Waals surface area contributed by atoms with Gasteiger partial charge in [-0.2, -0.15) is 0 Å². The van der Waals surface area contributed by atoms with Crippen molar-refractivity contribution in [2.24, 2.45) is 0 Å². The lowest BCUT2D eigenvalue weighted by Crippen LogP contribution is -2.03. The molecule has 1 unspecified atom stereocenters. The second-order valence-corrected chi connectivity index (χ2v) is 3.95. The number of phenolic OH excluding ortho intramolecular Hbond substituents is 1. The first-order valence-electron chi connectivity index (χ1n) is 5.50. The summed E-state index contributed by atoms with van der Waals surface area (Å²) in [4.78, 5) is 11.0. The Balaban J connectivity index is 2.16. The van der Waals surface area contributed by atoms with Crippen molar-refractivity contribution in [3.63, 3.8) is 0 Å². The van der Waals surface area contributed by atoms with Gasteiger partial charge in [-0.25, -0.2) is 0 Å². The van der Waals surface area contributed by atoms with E-state index in [1.54, 1.807) is 12.1 Å². The maximum absolute atomic E-state index is 11.0. The zero-order chi connectivity index (χ0) is 12.1. The monoisotopic (exact) mass is 225 g/mol. The van der Waals surface area contributed by atoms with Gasteiger partial charge in [0.1, 0.15) is 5.75 Å². The van der Waals surface area contributed by atoms with E-state index in [0.717, 1.165) is 11.1 Å². The van der Waals surface area contributed by atoms with Crippen LogP contribution in [0.5, 0.6) is 5.75 Å². The van der Waals surface area contributed by atoms with Gasteiger partial charge in [0, 0.05) is 0 Å². The van der Waals surface area contributed by atoms with E-state index < -0.39 is 0 Å². The van der Waals surface area contributed by atoms with Gasteiger partial charge in [0.2, 0.25) is 6.29 Å². The van der Waals surface area contributed by atoms with Crippen LogP contribution in [0.2, 0.25) is 0 Å². The van der Waals surface area contributed by atoms with E-state index in [1.165, 1.54) is 0 Å². The quantitative estimate of drug-likeness (QED) is 0.868. The van der Waals surface area contributed by atoms with Crippen LogP contribution in [-0.4, -0.2) is 11.4 Å². The molecule has 17 heavy (non-hydrogen) atoms. The molecule has 0 aliphatic rings. The van der Waals surface area contributed by atoms with Crippen LogP contribution in [0.3, 0.4) is 0 Å². The normalized spacial score (nSPS) is 12.0. The van der Waals surface area contributed by atoms with Crippen LogP contribution in [0.15, 0.2) is 54.6 Å². The average molecular weight is 225 g/mol. The Bertz CT molecular complexity index is 474. The third-order valence-electron chi connectivity index (χ3n) is 2.72. The first kappa shape index (κ1) is 11.4. The minimum atomic E-state index is -0.249. The largest absolute Gasteiger partial charge is 0.508 e. The van der Waals surface area contributed by atoms with Gasteiger partial charge in [-0.3, -0.25) is 4.79 Å². The predicted octanol–water partition coefficient (Wildman–Crippen LogP) is 2.83. The zero-order valence-electron chi connectivity index (χ0n) is 9.34. The Morgan fingerprint density at radius 2 is 1.65 bits per heavy atom. The van der Waals surface area contributed by atoms with E-state index in [0.29, 0.717) is 6.42 Å². The number of carbonyl (C=O) groups excluding carboxylic acids is 1. The standard InChI is InChI=1S/C15H13O2/c16-11-14(13-4-2-1-3-5-13)10-12-6-8-15(17)9-7-12/h1-9,14,17H,10H2. The third-order valence-corrected chi connectivity index (χ3v) is 2.72. The molecule has 0 bridgehead atoms. The number of rotatable bonds is 4. The van der Waals surface area contributed by atoms with Crippen molar-refractivity contribution >= 4 is 6.29 Å². The highest BCUT2D eigenvalue weighted by molar-refractivity contribution is 5.63.